The third-order valence-corrected chi connectivity index (χ3v) is 8.19. The molecular weight excluding hydrogens is 412 g/mol. The molecule has 1 N–H and O–H groups in total. The highest BCUT2D eigenvalue weighted by Crippen LogP contribution is 2.39. The van der Waals surface area contributed by atoms with Gasteiger partial charge in [0.2, 0.25) is 11.9 Å². The predicted molar refractivity (Wildman–Crippen MR) is 133 cm³/mol. The molecule has 1 unspecified atom stereocenters. The number of benzene rings is 1. The minimum absolute atomic E-state index is 0.0969. The Morgan fingerprint density at radius 1 is 1.06 bits per heavy atom. The fraction of sp³-hybridized carbons (Fsp3) is 0.704. The van der Waals surface area contributed by atoms with Gasteiger partial charge in [-0.1, -0.05) is 6.92 Å². The number of imidazole rings is 1. The van der Waals surface area contributed by atoms with E-state index in [4.69, 9.17) is 9.72 Å². The summed E-state index contributed by atoms with van der Waals surface area (Å²) in [5, 5.41) is 3.34. The van der Waals surface area contributed by atoms with Gasteiger partial charge >= 0.3 is 0 Å². The zero-order chi connectivity index (χ0) is 22.9. The van der Waals surface area contributed by atoms with E-state index in [2.05, 4.69) is 47.7 Å². The molecule has 3 fully saturated rings. The second-order valence-electron chi connectivity index (χ2n) is 10.5. The van der Waals surface area contributed by atoms with Crippen molar-refractivity contribution in [1.82, 2.24) is 14.9 Å². The monoisotopic (exact) mass is 452 g/mol. The number of aryl methyl sites for hydroxylation is 2. The van der Waals surface area contributed by atoms with Gasteiger partial charge in [-0.3, -0.25) is 4.79 Å². The van der Waals surface area contributed by atoms with Crippen LogP contribution < -0.4 is 10.2 Å². The van der Waals surface area contributed by atoms with Gasteiger partial charge in [0, 0.05) is 31.7 Å². The molecule has 0 bridgehead atoms. The van der Waals surface area contributed by atoms with Gasteiger partial charge in [0.1, 0.15) is 0 Å². The summed E-state index contributed by atoms with van der Waals surface area (Å²) in [6.07, 6.45) is 10.1. The van der Waals surface area contributed by atoms with Crippen LogP contribution in [0.2, 0.25) is 0 Å². The molecule has 0 spiro atoms. The largest absolute Gasteiger partial charge is 0.376 e. The van der Waals surface area contributed by atoms with Gasteiger partial charge < -0.3 is 19.5 Å². The van der Waals surface area contributed by atoms with E-state index in [1.807, 2.05) is 0 Å². The van der Waals surface area contributed by atoms with E-state index in [9.17, 15) is 4.79 Å². The SMILES string of the molecule is CCCO[C@H]1CCCC1NC(=O)C1CCN(c2nc3cc(C)c(C)cc3n2C2CCC2)CC1. The van der Waals surface area contributed by atoms with Crippen molar-refractivity contribution in [1.29, 1.82) is 0 Å². The summed E-state index contributed by atoms with van der Waals surface area (Å²) < 4.78 is 8.49. The van der Waals surface area contributed by atoms with E-state index in [1.54, 1.807) is 0 Å². The van der Waals surface area contributed by atoms with Crippen molar-refractivity contribution in [3.63, 3.8) is 0 Å². The van der Waals surface area contributed by atoms with Crippen LogP contribution >= 0.6 is 0 Å². The minimum atomic E-state index is 0.0969. The number of carbonyl (C=O) groups is 1. The van der Waals surface area contributed by atoms with Crippen LogP contribution in [0.25, 0.3) is 11.0 Å². The molecule has 5 rings (SSSR count). The van der Waals surface area contributed by atoms with Crippen molar-refractivity contribution in [2.75, 3.05) is 24.6 Å². The van der Waals surface area contributed by atoms with Crippen LogP contribution in [0.3, 0.4) is 0 Å². The standard InChI is InChI=1S/C27H40N4O2/c1-4-15-33-25-10-6-9-22(25)28-26(32)20-11-13-30(14-12-20)27-29-23-16-18(2)19(3)17-24(23)31(27)21-7-5-8-21/h16-17,20-22,25H,4-15H2,1-3H3,(H,28,32)/t22?,25-/m0/s1. The van der Waals surface area contributed by atoms with Crippen LogP contribution in [0, 0.1) is 19.8 Å². The van der Waals surface area contributed by atoms with E-state index in [1.165, 1.54) is 35.9 Å². The molecule has 2 atom stereocenters. The number of ether oxygens (including phenoxy) is 1. The molecular formula is C27H40N4O2. The predicted octanol–water partition coefficient (Wildman–Crippen LogP) is 5.06. The zero-order valence-electron chi connectivity index (χ0n) is 20.6. The first-order valence-electron chi connectivity index (χ1n) is 13.2. The van der Waals surface area contributed by atoms with Crippen LogP contribution in [0.5, 0.6) is 0 Å². The van der Waals surface area contributed by atoms with Gasteiger partial charge in [-0.15, -0.1) is 0 Å². The van der Waals surface area contributed by atoms with E-state index in [0.717, 1.165) is 69.7 Å². The minimum Gasteiger partial charge on any atom is -0.376 e. The average molecular weight is 453 g/mol. The molecule has 2 saturated carbocycles. The normalized spacial score (nSPS) is 24.4. The Morgan fingerprint density at radius 2 is 1.79 bits per heavy atom. The summed E-state index contributed by atoms with van der Waals surface area (Å²) in [5.74, 6) is 1.44. The maximum Gasteiger partial charge on any atom is 0.223 e. The third-order valence-electron chi connectivity index (χ3n) is 8.19. The summed E-state index contributed by atoms with van der Waals surface area (Å²) in [6.45, 7) is 9.08. The lowest BCUT2D eigenvalue weighted by Gasteiger charge is -2.36. The van der Waals surface area contributed by atoms with Crippen LogP contribution in [-0.4, -0.2) is 47.3 Å². The number of nitrogens with zero attached hydrogens (tertiary/aromatic N) is 3. The van der Waals surface area contributed by atoms with Crippen molar-refractivity contribution in [3.8, 4) is 0 Å². The molecule has 1 aromatic carbocycles. The topological polar surface area (TPSA) is 59.4 Å². The molecule has 1 aliphatic heterocycles. The number of piperidine rings is 1. The number of hydrogen-bond donors (Lipinski definition) is 1. The third kappa shape index (κ3) is 4.51. The first kappa shape index (κ1) is 22.7. The molecule has 1 saturated heterocycles. The number of nitrogens with one attached hydrogen (secondary N) is 1. The summed E-state index contributed by atoms with van der Waals surface area (Å²) >= 11 is 0. The molecule has 1 amide bonds. The molecule has 2 aliphatic carbocycles. The Kier molecular flexibility index (Phi) is 6.64. The van der Waals surface area contributed by atoms with E-state index >= 15 is 0 Å². The first-order chi connectivity index (χ1) is 16.0. The number of amides is 1. The molecule has 6 nitrogen and oxygen atoms in total. The van der Waals surface area contributed by atoms with Gasteiger partial charge in [0.05, 0.1) is 23.2 Å². The summed E-state index contributed by atoms with van der Waals surface area (Å²) in [4.78, 5) is 20.6. The van der Waals surface area contributed by atoms with Crippen LogP contribution in [0.15, 0.2) is 12.1 Å². The molecule has 0 radical (unpaired) electrons. The highest BCUT2D eigenvalue weighted by molar-refractivity contribution is 5.82. The lowest BCUT2D eigenvalue weighted by molar-refractivity contribution is -0.127. The molecule has 3 aliphatic rings. The summed E-state index contributed by atoms with van der Waals surface area (Å²) in [5.41, 5.74) is 5.02. The maximum atomic E-state index is 13.1. The lowest BCUT2D eigenvalue weighted by Crippen LogP contribution is -2.47. The van der Waals surface area contributed by atoms with Crippen LogP contribution in [-0.2, 0) is 9.53 Å². The Labute approximate surface area is 198 Å². The summed E-state index contributed by atoms with van der Waals surface area (Å²) in [7, 11) is 0. The highest BCUT2D eigenvalue weighted by Gasteiger charge is 2.34. The number of anilines is 1. The quantitative estimate of drug-likeness (QED) is 0.638. The van der Waals surface area contributed by atoms with Crippen LogP contribution in [0.1, 0.15) is 81.9 Å². The second kappa shape index (κ2) is 9.65. The van der Waals surface area contributed by atoms with Crippen molar-refractivity contribution >= 4 is 22.9 Å². The van der Waals surface area contributed by atoms with Gasteiger partial charge in [0.25, 0.3) is 0 Å². The second-order valence-corrected chi connectivity index (χ2v) is 10.5. The van der Waals surface area contributed by atoms with Crippen molar-refractivity contribution in [2.45, 2.75) is 96.7 Å². The highest BCUT2D eigenvalue weighted by atomic mass is 16.5. The number of rotatable bonds is 7. The van der Waals surface area contributed by atoms with Gasteiger partial charge in [-0.25, -0.2) is 4.98 Å². The fourth-order valence-electron chi connectivity index (χ4n) is 5.77. The number of hydrogen-bond acceptors (Lipinski definition) is 4. The van der Waals surface area contributed by atoms with Crippen molar-refractivity contribution in [3.05, 3.63) is 23.3 Å². The fourth-order valence-corrected chi connectivity index (χ4v) is 5.77. The molecule has 2 aromatic rings. The van der Waals surface area contributed by atoms with Gasteiger partial charge in [-0.05, 0) is 94.9 Å². The Balaban J connectivity index is 1.26. The summed E-state index contributed by atoms with van der Waals surface area (Å²) in [6, 6.07) is 5.31. The number of fused-ring (bicyclic) bond motifs is 1. The van der Waals surface area contributed by atoms with E-state index in [-0.39, 0.29) is 24.0 Å². The number of carbonyl (C=O) groups excluding carboxylic acids is 1. The molecule has 1 aromatic heterocycles. The first-order valence-corrected chi connectivity index (χ1v) is 13.2. The van der Waals surface area contributed by atoms with E-state index in [0.29, 0.717) is 6.04 Å². The van der Waals surface area contributed by atoms with Crippen LogP contribution in [0.4, 0.5) is 5.95 Å². The van der Waals surface area contributed by atoms with Gasteiger partial charge in [-0.2, -0.15) is 0 Å². The smallest absolute Gasteiger partial charge is 0.223 e. The van der Waals surface area contributed by atoms with Crippen molar-refractivity contribution < 1.29 is 9.53 Å². The lowest BCUT2D eigenvalue weighted by atomic mass is 9.92. The average Bonchev–Trinajstić information content (AvgIpc) is 3.36. The van der Waals surface area contributed by atoms with Crippen molar-refractivity contribution in [2.24, 2.45) is 5.92 Å². The molecule has 2 heterocycles. The zero-order valence-corrected chi connectivity index (χ0v) is 20.6. The molecule has 33 heavy (non-hydrogen) atoms. The van der Waals surface area contributed by atoms with Gasteiger partial charge in [0.15, 0.2) is 0 Å². The molecule has 180 valence electrons. The Bertz CT molecular complexity index is 988. The molecule has 6 heteroatoms. The number of aromatic nitrogens is 2. The Hall–Kier alpha value is -2.08. The van der Waals surface area contributed by atoms with E-state index < -0.39 is 0 Å². The maximum absolute atomic E-state index is 13.1. The Morgan fingerprint density at radius 3 is 2.48 bits per heavy atom.